The molecule has 9 atom stereocenters. The fourth-order valence-electron chi connectivity index (χ4n) is 9.84. The number of hydrazine groups is 1. The van der Waals surface area contributed by atoms with Crippen LogP contribution in [0.2, 0.25) is 0 Å². The highest BCUT2D eigenvalue weighted by atomic mass is 32.1. The van der Waals surface area contributed by atoms with Gasteiger partial charge in [-0.25, -0.2) is 10.4 Å². The SMILES string of the molecule is CCn1c(-c2cccnc2[C@H](C)OC)c2c3cc(ccc31)-c1csc(n1)[C@@H](OCC(C)N1CC[C@@H](OC)C1)[C@H](NC(=O)C1[C@@H](C)[C@H]1C)C(=O)N1CCC[C@H](N1)C(=O)OCC(C)(C)C2. The Labute approximate surface area is 375 Å². The molecule has 6 bridgehead atoms. The van der Waals surface area contributed by atoms with E-state index in [1.165, 1.54) is 16.3 Å². The van der Waals surface area contributed by atoms with Crippen molar-refractivity contribution in [3.8, 4) is 22.5 Å². The number of cyclic esters (lactones) is 1. The van der Waals surface area contributed by atoms with Gasteiger partial charge in [0.1, 0.15) is 23.2 Å². The minimum atomic E-state index is -1.12. The lowest BCUT2D eigenvalue weighted by Crippen LogP contribution is -2.61. The number of amides is 2. The van der Waals surface area contributed by atoms with E-state index in [0.29, 0.717) is 44.0 Å². The molecule has 63 heavy (non-hydrogen) atoms. The molecule has 1 aliphatic carbocycles. The Balaban J connectivity index is 1.26. The number of carbonyl (C=O) groups excluding carboxylic acids is 3. The number of nitrogens with zero attached hydrogens (tertiary/aromatic N) is 5. The number of nitrogens with one attached hydrogen (secondary N) is 2. The third-order valence-corrected chi connectivity index (χ3v) is 14.9. The smallest absolute Gasteiger partial charge is 0.324 e. The number of hydrogen-bond acceptors (Lipinski definition) is 12. The van der Waals surface area contributed by atoms with Crippen LogP contribution in [-0.4, -0.2) is 114 Å². The summed E-state index contributed by atoms with van der Waals surface area (Å²) in [5.41, 5.74) is 9.48. The fraction of sp³-hybridized carbons (Fsp3) is 0.604. The van der Waals surface area contributed by atoms with Crippen molar-refractivity contribution in [1.82, 2.24) is 35.2 Å². The first-order valence-electron chi connectivity index (χ1n) is 22.8. The number of carbonyl (C=O) groups is 3. The van der Waals surface area contributed by atoms with Gasteiger partial charge in [0.25, 0.3) is 5.91 Å². The van der Waals surface area contributed by atoms with Gasteiger partial charge in [0.05, 0.1) is 42.5 Å². The van der Waals surface area contributed by atoms with Crippen LogP contribution in [0.1, 0.15) is 96.2 Å². The molecule has 3 aliphatic heterocycles. The number of hydrogen-bond donors (Lipinski definition) is 2. The zero-order valence-electron chi connectivity index (χ0n) is 38.3. The van der Waals surface area contributed by atoms with Crippen molar-refractivity contribution in [2.24, 2.45) is 23.2 Å². The van der Waals surface area contributed by atoms with Gasteiger partial charge in [0.15, 0.2) is 0 Å². The summed E-state index contributed by atoms with van der Waals surface area (Å²) in [6.45, 7) is 17.8. The third-order valence-electron chi connectivity index (χ3n) is 14.0. The molecule has 340 valence electrons. The minimum absolute atomic E-state index is 0.00824. The highest BCUT2D eigenvalue weighted by molar-refractivity contribution is 7.10. The van der Waals surface area contributed by atoms with Crippen LogP contribution >= 0.6 is 11.3 Å². The van der Waals surface area contributed by atoms with Crippen LogP contribution in [0, 0.1) is 23.2 Å². The van der Waals surface area contributed by atoms with Crippen LogP contribution in [0.3, 0.4) is 0 Å². The largest absolute Gasteiger partial charge is 0.464 e. The van der Waals surface area contributed by atoms with Gasteiger partial charge in [-0.1, -0.05) is 33.8 Å². The highest BCUT2D eigenvalue weighted by Crippen LogP contribution is 2.46. The number of aromatic nitrogens is 3. The molecule has 3 aromatic heterocycles. The van der Waals surface area contributed by atoms with Crippen molar-refractivity contribution in [2.45, 2.75) is 117 Å². The summed E-state index contributed by atoms with van der Waals surface area (Å²) in [6, 6.07) is 8.69. The molecule has 14 nitrogen and oxygen atoms in total. The molecule has 0 radical (unpaired) electrons. The Morgan fingerprint density at radius 3 is 2.62 bits per heavy atom. The van der Waals surface area contributed by atoms with E-state index < -0.39 is 29.6 Å². The minimum Gasteiger partial charge on any atom is -0.464 e. The van der Waals surface area contributed by atoms with Crippen molar-refractivity contribution in [1.29, 1.82) is 0 Å². The number of thiazole rings is 1. The fourth-order valence-corrected chi connectivity index (χ4v) is 10.8. The number of methoxy groups -OCH3 is 2. The Hall–Kier alpha value is -4.25. The van der Waals surface area contributed by atoms with Crippen LogP contribution in [-0.2, 0) is 46.3 Å². The maximum Gasteiger partial charge on any atom is 0.324 e. The molecule has 0 spiro atoms. The lowest BCUT2D eigenvalue weighted by atomic mass is 9.84. The van der Waals surface area contributed by atoms with Gasteiger partial charge in [0.2, 0.25) is 5.91 Å². The van der Waals surface area contributed by atoms with E-state index in [0.717, 1.165) is 64.2 Å². The molecule has 6 heterocycles. The van der Waals surface area contributed by atoms with Crippen molar-refractivity contribution < 1.29 is 33.3 Å². The van der Waals surface area contributed by atoms with Gasteiger partial charge in [-0.2, -0.15) is 0 Å². The summed E-state index contributed by atoms with van der Waals surface area (Å²) < 4.78 is 26.9. The summed E-state index contributed by atoms with van der Waals surface area (Å²) in [6.07, 6.45) is 3.40. The van der Waals surface area contributed by atoms with Gasteiger partial charge in [-0.15, -0.1) is 11.3 Å². The van der Waals surface area contributed by atoms with Crippen LogP contribution in [0.15, 0.2) is 41.9 Å². The molecule has 8 rings (SSSR count). The average molecular weight is 884 g/mol. The van der Waals surface area contributed by atoms with Crippen molar-refractivity contribution in [3.05, 3.63) is 58.2 Å². The molecular formula is C48H65N7O7S. The Morgan fingerprint density at radius 1 is 1.11 bits per heavy atom. The first kappa shape index (κ1) is 45.3. The second-order valence-electron chi connectivity index (χ2n) is 18.9. The number of aryl methyl sites for hydroxylation is 1. The topological polar surface area (TPSA) is 149 Å². The maximum absolute atomic E-state index is 15.0. The molecule has 1 saturated carbocycles. The van der Waals surface area contributed by atoms with Crippen LogP contribution in [0.4, 0.5) is 0 Å². The van der Waals surface area contributed by atoms with Crippen LogP contribution in [0.5, 0.6) is 0 Å². The van der Waals surface area contributed by atoms with Crippen molar-refractivity contribution in [3.63, 3.8) is 0 Å². The molecule has 2 amide bonds. The molecule has 4 aromatic rings. The summed E-state index contributed by atoms with van der Waals surface area (Å²) in [5, 5.41) is 8.32. The number of benzene rings is 1. The normalized spacial score (nSPS) is 27.5. The first-order chi connectivity index (χ1) is 30.2. The Bertz CT molecular complexity index is 2300. The van der Waals surface area contributed by atoms with Gasteiger partial charge in [0, 0.05) is 91.4 Å². The van der Waals surface area contributed by atoms with Crippen LogP contribution < -0.4 is 10.7 Å². The number of fused-ring (bicyclic) bond motifs is 6. The van der Waals surface area contributed by atoms with E-state index in [4.69, 9.17) is 28.9 Å². The van der Waals surface area contributed by atoms with E-state index in [1.807, 2.05) is 18.4 Å². The molecule has 4 aliphatic rings. The maximum atomic E-state index is 15.0. The summed E-state index contributed by atoms with van der Waals surface area (Å²) >= 11 is 1.42. The third kappa shape index (κ3) is 9.19. The summed E-state index contributed by atoms with van der Waals surface area (Å²) in [7, 11) is 3.44. The average Bonchev–Trinajstić information content (AvgIpc) is 3.76. The molecule has 2 N–H and O–H groups in total. The Morgan fingerprint density at radius 2 is 1.90 bits per heavy atom. The van der Waals surface area contributed by atoms with Gasteiger partial charge < -0.3 is 28.8 Å². The van der Waals surface area contributed by atoms with E-state index in [2.05, 4.69) is 86.0 Å². The number of pyridine rings is 1. The number of rotatable bonds is 11. The van der Waals surface area contributed by atoms with Crippen molar-refractivity contribution >= 4 is 40.0 Å². The molecule has 3 fully saturated rings. The standard InChI is InChI=1S/C48H65N7O7S/c1-10-54-38-16-15-31-21-34(38)35(42(54)33-13-11-18-49-40(33)30(5)59-8)22-48(6,7)26-62-47(58)36-14-12-19-55(52-36)46(57)41(51-44(56)39-28(3)29(39)4)43(45-50-37(31)25-63-45)61-24-27(2)53-20-17-32(23-53)60-9/h11,13,15-16,18,21,25,27-30,32,36,39,41,43,52H,10,12,14,17,19-20,22-24,26H2,1-9H3,(H,51,56)/t27?,28-,29+,30-,32+,36-,39?,41-,43-/m0/s1. The second-order valence-corrected chi connectivity index (χ2v) is 19.8. The van der Waals surface area contributed by atoms with Gasteiger partial charge in [-0.3, -0.25) is 29.3 Å². The number of ether oxygens (including phenoxy) is 4. The van der Waals surface area contributed by atoms with Gasteiger partial charge in [-0.05, 0) is 88.1 Å². The van der Waals surface area contributed by atoms with E-state index in [9.17, 15) is 14.4 Å². The second kappa shape index (κ2) is 18.7. The zero-order valence-corrected chi connectivity index (χ0v) is 39.1. The molecular weight excluding hydrogens is 819 g/mol. The molecule has 15 heteroatoms. The number of likely N-dealkylation sites (tertiary alicyclic amines) is 1. The molecule has 1 aromatic carbocycles. The van der Waals surface area contributed by atoms with Crippen LogP contribution in [0.25, 0.3) is 33.4 Å². The highest BCUT2D eigenvalue weighted by Gasteiger charge is 2.50. The predicted molar refractivity (Wildman–Crippen MR) is 243 cm³/mol. The van der Waals surface area contributed by atoms with E-state index >= 15 is 0 Å². The first-order valence-corrected chi connectivity index (χ1v) is 23.6. The van der Waals surface area contributed by atoms with Crippen molar-refractivity contribution in [2.75, 3.05) is 47.1 Å². The Kier molecular flexibility index (Phi) is 13.4. The van der Waals surface area contributed by atoms with E-state index in [1.54, 1.807) is 20.4 Å². The zero-order chi connectivity index (χ0) is 44.7. The quantitative estimate of drug-likeness (QED) is 0.155. The monoisotopic (exact) mass is 883 g/mol. The summed E-state index contributed by atoms with van der Waals surface area (Å²) in [5.74, 6) is -0.804. The summed E-state index contributed by atoms with van der Waals surface area (Å²) in [4.78, 5) is 55.4. The lowest BCUT2D eigenvalue weighted by molar-refractivity contribution is -0.157. The predicted octanol–water partition coefficient (Wildman–Crippen LogP) is 6.73. The molecule has 2 saturated heterocycles. The lowest BCUT2D eigenvalue weighted by Gasteiger charge is -2.37. The van der Waals surface area contributed by atoms with E-state index in [-0.39, 0.29) is 54.4 Å². The number of esters is 1. The molecule has 2 unspecified atom stereocenters. The van der Waals surface area contributed by atoms with Gasteiger partial charge >= 0.3 is 5.97 Å².